The second-order valence-corrected chi connectivity index (χ2v) is 6.62. The van der Waals surface area contributed by atoms with E-state index < -0.39 is 0 Å². The van der Waals surface area contributed by atoms with Crippen LogP contribution in [0.5, 0.6) is 17.2 Å². The molecule has 0 fully saturated rings. The van der Waals surface area contributed by atoms with E-state index in [0.717, 1.165) is 19.3 Å². The number of carbonyl (C=O) groups excluding carboxylic acids is 2. The number of para-hydroxylation sites is 1. The number of hydrogen-bond acceptors (Lipinski definition) is 7. The average Bonchev–Trinajstić information content (AvgIpc) is 2.79. The van der Waals surface area contributed by atoms with Crippen LogP contribution in [0.15, 0.2) is 42.6 Å². The van der Waals surface area contributed by atoms with Crippen LogP contribution in [0.1, 0.15) is 48.7 Å². The molecule has 0 aliphatic heterocycles. The Morgan fingerprint density at radius 1 is 1.00 bits per heavy atom. The van der Waals surface area contributed by atoms with E-state index in [-0.39, 0.29) is 11.8 Å². The lowest BCUT2D eigenvalue weighted by molar-refractivity contribution is -0.143. The summed E-state index contributed by atoms with van der Waals surface area (Å²) in [5.41, 5.74) is 1.05. The van der Waals surface area contributed by atoms with Gasteiger partial charge in [-0.05, 0) is 50.5 Å². The number of ether oxygens (including phenoxy) is 4. The molecule has 1 heterocycles. The van der Waals surface area contributed by atoms with Crippen molar-refractivity contribution in [3.05, 3.63) is 53.9 Å². The number of unbranched alkanes of at least 4 members (excludes halogenated alkanes) is 2. The van der Waals surface area contributed by atoms with Crippen LogP contribution in [-0.2, 0) is 9.53 Å². The van der Waals surface area contributed by atoms with Crippen LogP contribution in [0, 0.1) is 0 Å². The van der Waals surface area contributed by atoms with Gasteiger partial charge in [0.25, 0.3) is 0 Å². The summed E-state index contributed by atoms with van der Waals surface area (Å²) in [4.78, 5) is 28.1. The molecule has 0 bridgehead atoms. The molecule has 0 saturated carbocycles. The first-order valence-electron chi connectivity index (χ1n) is 10.3. The number of rotatable bonds is 13. The second kappa shape index (κ2) is 13.1. The third kappa shape index (κ3) is 7.77. The standard InChI is InChI=1S/C24H29NO6/c1-4-30-24(27)12-6-5-9-15-31-22-16-18(25-17-23(22)29-3)13-14-20(26)19-10-7-8-11-21(19)28-2/h7-8,10-11,13-14,16-17H,4-6,9,12,15H2,1-3H3. The smallest absolute Gasteiger partial charge is 0.305 e. The lowest BCUT2D eigenvalue weighted by Gasteiger charge is -2.11. The first-order valence-corrected chi connectivity index (χ1v) is 10.3. The van der Waals surface area contributed by atoms with Crippen LogP contribution in [0.3, 0.4) is 0 Å². The molecular weight excluding hydrogens is 398 g/mol. The lowest BCUT2D eigenvalue weighted by atomic mass is 10.1. The van der Waals surface area contributed by atoms with E-state index in [2.05, 4.69) is 4.98 Å². The molecule has 2 aromatic rings. The molecule has 166 valence electrons. The number of pyridine rings is 1. The van der Waals surface area contributed by atoms with E-state index in [4.69, 9.17) is 18.9 Å². The fourth-order valence-electron chi connectivity index (χ4n) is 2.86. The Bertz CT molecular complexity index is 893. The largest absolute Gasteiger partial charge is 0.496 e. The molecule has 1 aromatic carbocycles. The maximum Gasteiger partial charge on any atom is 0.305 e. The summed E-state index contributed by atoms with van der Waals surface area (Å²) in [6, 6.07) is 8.77. The number of aromatic nitrogens is 1. The molecule has 2 rings (SSSR count). The van der Waals surface area contributed by atoms with Crippen molar-refractivity contribution < 1.29 is 28.5 Å². The molecule has 0 unspecified atom stereocenters. The molecule has 0 N–H and O–H groups in total. The molecule has 0 saturated heterocycles. The summed E-state index contributed by atoms with van der Waals surface area (Å²) in [5.74, 6) is 1.23. The predicted octanol–water partition coefficient (Wildman–Crippen LogP) is 4.50. The summed E-state index contributed by atoms with van der Waals surface area (Å²) in [6.07, 6.45) is 7.46. The van der Waals surface area contributed by atoms with Crippen LogP contribution in [0.25, 0.3) is 6.08 Å². The third-order valence-electron chi connectivity index (χ3n) is 4.44. The average molecular weight is 427 g/mol. The van der Waals surface area contributed by atoms with Crippen molar-refractivity contribution in [1.82, 2.24) is 4.98 Å². The van der Waals surface area contributed by atoms with Gasteiger partial charge in [-0.25, -0.2) is 0 Å². The minimum Gasteiger partial charge on any atom is -0.496 e. The third-order valence-corrected chi connectivity index (χ3v) is 4.44. The number of ketones is 1. The molecule has 0 radical (unpaired) electrons. The van der Waals surface area contributed by atoms with Gasteiger partial charge in [0.2, 0.25) is 0 Å². The quantitative estimate of drug-likeness (QED) is 0.201. The Morgan fingerprint density at radius 3 is 2.52 bits per heavy atom. The molecular formula is C24H29NO6. The number of esters is 1. The fourth-order valence-corrected chi connectivity index (χ4v) is 2.86. The molecule has 31 heavy (non-hydrogen) atoms. The van der Waals surface area contributed by atoms with E-state index in [9.17, 15) is 9.59 Å². The Morgan fingerprint density at radius 2 is 1.77 bits per heavy atom. The number of nitrogens with zero attached hydrogens (tertiary/aromatic N) is 1. The molecule has 1 aromatic heterocycles. The molecule has 0 aliphatic rings. The fraction of sp³-hybridized carbons (Fsp3) is 0.375. The Kier molecular flexibility index (Phi) is 10.1. The van der Waals surface area contributed by atoms with Crippen molar-refractivity contribution in [2.45, 2.75) is 32.6 Å². The van der Waals surface area contributed by atoms with Crippen molar-refractivity contribution in [2.75, 3.05) is 27.4 Å². The Hall–Kier alpha value is -3.35. The van der Waals surface area contributed by atoms with Crippen molar-refractivity contribution in [2.24, 2.45) is 0 Å². The van der Waals surface area contributed by atoms with Gasteiger partial charge in [-0.1, -0.05) is 12.1 Å². The Balaban J connectivity index is 1.93. The maximum atomic E-state index is 12.5. The number of hydrogen-bond donors (Lipinski definition) is 0. The highest BCUT2D eigenvalue weighted by molar-refractivity contribution is 6.08. The number of allylic oxidation sites excluding steroid dienone is 1. The van der Waals surface area contributed by atoms with Crippen molar-refractivity contribution >= 4 is 17.8 Å². The van der Waals surface area contributed by atoms with E-state index in [0.29, 0.717) is 48.1 Å². The normalized spacial score (nSPS) is 10.7. The summed E-state index contributed by atoms with van der Waals surface area (Å²) in [5, 5.41) is 0. The summed E-state index contributed by atoms with van der Waals surface area (Å²) < 4.78 is 21.3. The summed E-state index contributed by atoms with van der Waals surface area (Å²) >= 11 is 0. The van der Waals surface area contributed by atoms with Gasteiger partial charge < -0.3 is 18.9 Å². The molecule has 7 heteroatoms. The van der Waals surface area contributed by atoms with Crippen molar-refractivity contribution in [1.29, 1.82) is 0 Å². The SMILES string of the molecule is CCOC(=O)CCCCCOc1cc(C=CC(=O)c2ccccc2OC)ncc1OC. The second-order valence-electron chi connectivity index (χ2n) is 6.62. The zero-order valence-corrected chi connectivity index (χ0v) is 18.3. The first kappa shape index (κ1) is 23.9. The van der Waals surface area contributed by atoms with Crippen molar-refractivity contribution in [3.8, 4) is 17.2 Å². The molecule has 7 nitrogen and oxygen atoms in total. The van der Waals surface area contributed by atoms with Gasteiger partial charge in [-0.15, -0.1) is 0 Å². The highest BCUT2D eigenvalue weighted by Crippen LogP contribution is 2.27. The highest BCUT2D eigenvalue weighted by Gasteiger charge is 2.10. The van der Waals surface area contributed by atoms with Crippen LogP contribution in [-0.4, -0.2) is 44.2 Å². The minimum atomic E-state index is -0.181. The lowest BCUT2D eigenvalue weighted by Crippen LogP contribution is -2.04. The number of carbonyl (C=O) groups is 2. The van der Waals surface area contributed by atoms with Gasteiger partial charge in [0.05, 0.1) is 44.9 Å². The van der Waals surface area contributed by atoms with Gasteiger partial charge in [0.15, 0.2) is 17.3 Å². The van der Waals surface area contributed by atoms with Gasteiger partial charge >= 0.3 is 5.97 Å². The molecule has 0 spiro atoms. The van der Waals surface area contributed by atoms with Crippen LogP contribution >= 0.6 is 0 Å². The number of benzene rings is 1. The zero-order chi connectivity index (χ0) is 22.5. The molecule has 0 amide bonds. The first-order chi connectivity index (χ1) is 15.1. The van der Waals surface area contributed by atoms with E-state index in [1.807, 2.05) is 6.07 Å². The molecule has 0 aliphatic carbocycles. The summed E-state index contributed by atoms with van der Waals surface area (Å²) in [6.45, 7) is 2.68. The van der Waals surface area contributed by atoms with Gasteiger partial charge in [-0.2, -0.15) is 0 Å². The van der Waals surface area contributed by atoms with Crippen LogP contribution in [0.4, 0.5) is 0 Å². The maximum absolute atomic E-state index is 12.5. The number of methoxy groups -OCH3 is 2. The zero-order valence-electron chi connectivity index (χ0n) is 18.3. The van der Waals surface area contributed by atoms with Crippen LogP contribution < -0.4 is 14.2 Å². The van der Waals surface area contributed by atoms with E-state index in [1.165, 1.54) is 13.2 Å². The highest BCUT2D eigenvalue weighted by atomic mass is 16.5. The predicted molar refractivity (Wildman–Crippen MR) is 118 cm³/mol. The summed E-state index contributed by atoms with van der Waals surface area (Å²) in [7, 11) is 3.07. The topological polar surface area (TPSA) is 84.0 Å². The van der Waals surface area contributed by atoms with Gasteiger partial charge in [0, 0.05) is 12.5 Å². The molecule has 0 atom stereocenters. The van der Waals surface area contributed by atoms with Gasteiger partial charge in [0.1, 0.15) is 5.75 Å². The van der Waals surface area contributed by atoms with Gasteiger partial charge in [-0.3, -0.25) is 14.6 Å². The van der Waals surface area contributed by atoms with Crippen LogP contribution in [0.2, 0.25) is 0 Å². The monoisotopic (exact) mass is 427 g/mol. The van der Waals surface area contributed by atoms with Crippen molar-refractivity contribution in [3.63, 3.8) is 0 Å². The van der Waals surface area contributed by atoms with E-state index in [1.54, 1.807) is 50.6 Å². The van der Waals surface area contributed by atoms with E-state index >= 15 is 0 Å². The minimum absolute atomic E-state index is 0.168. The Labute approximate surface area is 183 Å².